The van der Waals surface area contributed by atoms with Crippen molar-refractivity contribution >= 4 is 35.1 Å². The van der Waals surface area contributed by atoms with E-state index in [-0.39, 0.29) is 6.42 Å². The van der Waals surface area contributed by atoms with Gasteiger partial charge in [0.1, 0.15) is 11.6 Å². The molecule has 0 aliphatic heterocycles. The van der Waals surface area contributed by atoms with Crippen molar-refractivity contribution in [2.75, 3.05) is 12.4 Å². The third-order valence-corrected chi connectivity index (χ3v) is 4.25. The molecule has 0 radical (unpaired) electrons. The molecule has 0 aliphatic rings. The van der Waals surface area contributed by atoms with Crippen LogP contribution in [-0.4, -0.2) is 24.1 Å². The van der Waals surface area contributed by atoms with Crippen LogP contribution in [0.25, 0.3) is 0 Å². The highest BCUT2D eigenvalue weighted by Gasteiger charge is 2.15. The zero-order chi connectivity index (χ0) is 17.5. The van der Waals surface area contributed by atoms with E-state index in [1.165, 1.54) is 11.8 Å². The summed E-state index contributed by atoms with van der Waals surface area (Å²) < 4.78 is 31.2. The number of halogens is 3. The predicted octanol–water partition coefficient (Wildman–Crippen LogP) is 4.53. The Bertz CT molecular complexity index is 735. The third-order valence-electron chi connectivity index (χ3n) is 2.98. The molecule has 0 heterocycles. The molecule has 2 aromatic rings. The monoisotopic (exact) mass is 370 g/mol. The van der Waals surface area contributed by atoms with E-state index < -0.39 is 35.6 Å². The number of hydrogen-bond donors (Lipinski definition) is 0. The van der Waals surface area contributed by atoms with Gasteiger partial charge in [-0.15, -0.1) is 11.8 Å². The van der Waals surface area contributed by atoms with E-state index in [2.05, 4.69) is 0 Å². The second-order valence-corrected chi connectivity index (χ2v) is 6.37. The Morgan fingerprint density at radius 3 is 2.50 bits per heavy atom. The number of rotatable bonds is 7. The van der Waals surface area contributed by atoms with Crippen molar-refractivity contribution in [1.82, 2.24) is 0 Å². The van der Waals surface area contributed by atoms with Gasteiger partial charge in [-0.1, -0.05) is 11.6 Å². The highest BCUT2D eigenvalue weighted by Crippen LogP contribution is 2.21. The first kappa shape index (κ1) is 18.4. The minimum Gasteiger partial charge on any atom is -0.457 e. The first-order valence-corrected chi connectivity index (χ1v) is 8.34. The van der Waals surface area contributed by atoms with Gasteiger partial charge in [-0.3, -0.25) is 9.59 Å². The minimum atomic E-state index is -0.851. The Balaban J connectivity index is 1.75. The Kier molecular flexibility index (Phi) is 6.75. The molecule has 0 aliphatic carbocycles. The molecule has 0 fully saturated rings. The number of carbonyl (C=O) groups is 2. The SMILES string of the molecule is O=C(CCSc1ccc(Cl)cc1)OCC(=O)c1cc(F)ccc1F. The Labute approximate surface area is 147 Å². The van der Waals surface area contributed by atoms with Crippen LogP contribution in [0.15, 0.2) is 47.4 Å². The van der Waals surface area contributed by atoms with E-state index >= 15 is 0 Å². The van der Waals surface area contributed by atoms with Gasteiger partial charge in [0.05, 0.1) is 12.0 Å². The summed E-state index contributed by atoms with van der Waals surface area (Å²) in [4.78, 5) is 24.3. The molecule has 0 unspecified atom stereocenters. The third kappa shape index (κ3) is 5.62. The molecule has 7 heteroatoms. The number of benzene rings is 2. The summed E-state index contributed by atoms with van der Waals surface area (Å²) >= 11 is 7.21. The van der Waals surface area contributed by atoms with Gasteiger partial charge in [0.25, 0.3) is 0 Å². The maximum absolute atomic E-state index is 13.4. The Morgan fingerprint density at radius 1 is 1.08 bits per heavy atom. The van der Waals surface area contributed by atoms with Crippen LogP contribution < -0.4 is 0 Å². The van der Waals surface area contributed by atoms with Crippen molar-refractivity contribution in [3.63, 3.8) is 0 Å². The zero-order valence-electron chi connectivity index (χ0n) is 12.4. The first-order chi connectivity index (χ1) is 11.5. The van der Waals surface area contributed by atoms with Gasteiger partial charge in [0.2, 0.25) is 5.78 Å². The maximum atomic E-state index is 13.4. The summed E-state index contributed by atoms with van der Waals surface area (Å²) in [6.45, 7) is -0.620. The lowest BCUT2D eigenvalue weighted by Crippen LogP contribution is -2.15. The van der Waals surface area contributed by atoms with Crippen LogP contribution in [0.3, 0.4) is 0 Å². The van der Waals surface area contributed by atoms with Crippen LogP contribution in [0.5, 0.6) is 0 Å². The average molecular weight is 371 g/mol. The van der Waals surface area contributed by atoms with Crippen LogP contribution in [-0.2, 0) is 9.53 Å². The van der Waals surface area contributed by atoms with Gasteiger partial charge >= 0.3 is 5.97 Å². The Hall–Kier alpha value is -1.92. The molecule has 0 atom stereocenters. The summed E-state index contributed by atoms with van der Waals surface area (Å²) in [5.41, 5.74) is -0.432. The number of ether oxygens (including phenoxy) is 1. The van der Waals surface area contributed by atoms with E-state index in [0.717, 1.165) is 23.1 Å². The quantitative estimate of drug-likeness (QED) is 0.408. The fourth-order valence-corrected chi connectivity index (χ4v) is 2.75. The van der Waals surface area contributed by atoms with Crippen molar-refractivity contribution in [3.8, 4) is 0 Å². The molecule has 0 spiro atoms. The second-order valence-electron chi connectivity index (χ2n) is 4.76. The number of hydrogen-bond acceptors (Lipinski definition) is 4. The molecular weight excluding hydrogens is 358 g/mol. The Morgan fingerprint density at radius 2 is 1.79 bits per heavy atom. The zero-order valence-corrected chi connectivity index (χ0v) is 14.0. The fourth-order valence-electron chi connectivity index (χ4n) is 1.79. The van der Waals surface area contributed by atoms with Crippen molar-refractivity contribution in [2.45, 2.75) is 11.3 Å². The van der Waals surface area contributed by atoms with E-state index in [1.54, 1.807) is 12.1 Å². The highest BCUT2D eigenvalue weighted by molar-refractivity contribution is 7.99. The van der Waals surface area contributed by atoms with Gasteiger partial charge < -0.3 is 4.74 Å². The van der Waals surface area contributed by atoms with Crippen LogP contribution in [0, 0.1) is 11.6 Å². The molecule has 2 aromatic carbocycles. The molecule has 0 saturated heterocycles. The van der Waals surface area contributed by atoms with Crippen LogP contribution in [0.1, 0.15) is 16.8 Å². The molecule has 126 valence electrons. The summed E-state index contributed by atoms with van der Waals surface area (Å²) in [6, 6.07) is 9.69. The number of esters is 1. The molecule has 2 rings (SSSR count). The van der Waals surface area contributed by atoms with E-state index in [9.17, 15) is 18.4 Å². The van der Waals surface area contributed by atoms with E-state index in [1.807, 2.05) is 12.1 Å². The predicted molar refractivity (Wildman–Crippen MR) is 88.4 cm³/mol. The van der Waals surface area contributed by atoms with Crippen molar-refractivity contribution < 1.29 is 23.1 Å². The van der Waals surface area contributed by atoms with Gasteiger partial charge in [-0.25, -0.2) is 8.78 Å². The molecule has 24 heavy (non-hydrogen) atoms. The van der Waals surface area contributed by atoms with Crippen LogP contribution in [0.2, 0.25) is 5.02 Å². The molecule has 0 N–H and O–H groups in total. The van der Waals surface area contributed by atoms with Gasteiger partial charge in [-0.2, -0.15) is 0 Å². The van der Waals surface area contributed by atoms with Crippen LogP contribution >= 0.6 is 23.4 Å². The molecule has 0 bridgehead atoms. The number of ketones is 1. The van der Waals surface area contributed by atoms with Gasteiger partial charge in [0, 0.05) is 15.7 Å². The maximum Gasteiger partial charge on any atom is 0.307 e. The second kappa shape index (κ2) is 8.80. The fraction of sp³-hybridized carbons (Fsp3) is 0.176. The van der Waals surface area contributed by atoms with Crippen molar-refractivity contribution in [3.05, 3.63) is 64.7 Å². The number of Topliss-reactive ketones (excluding diaryl/α,β-unsaturated/α-hetero) is 1. The molecule has 0 aromatic heterocycles. The highest BCUT2D eigenvalue weighted by atomic mass is 35.5. The number of thioether (sulfide) groups is 1. The molecule has 0 amide bonds. The van der Waals surface area contributed by atoms with Crippen molar-refractivity contribution in [1.29, 1.82) is 0 Å². The summed E-state index contributed by atoms with van der Waals surface area (Å²) in [5, 5.41) is 0.627. The minimum absolute atomic E-state index is 0.0895. The number of carbonyl (C=O) groups excluding carboxylic acids is 2. The lowest BCUT2D eigenvalue weighted by atomic mass is 10.1. The lowest BCUT2D eigenvalue weighted by Gasteiger charge is -2.06. The molecule has 3 nitrogen and oxygen atoms in total. The summed E-state index contributed by atoms with van der Waals surface area (Å²) in [7, 11) is 0. The van der Waals surface area contributed by atoms with Crippen LogP contribution in [0.4, 0.5) is 8.78 Å². The standard InChI is InChI=1S/C17H13ClF2O3S/c18-11-1-4-13(5-2-11)24-8-7-17(22)23-10-16(21)14-9-12(19)3-6-15(14)20/h1-6,9H,7-8,10H2. The molecule has 0 saturated carbocycles. The summed E-state index contributed by atoms with van der Waals surface area (Å²) in [6.07, 6.45) is 0.0895. The van der Waals surface area contributed by atoms with Gasteiger partial charge in [-0.05, 0) is 42.5 Å². The van der Waals surface area contributed by atoms with Crippen molar-refractivity contribution in [2.24, 2.45) is 0 Å². The van der Waals surface area contributed by atoms with E-state index in [0.29, 0.717) is 10.8 Å². The average Bonchev–Trinajstić information content (AvgIpc) is 2.56. The normalized spacial score (nSPS) is 10.5. The largest absolute Gasteiger partial charge is 0.457 e. The smallest absolute Gasteiger partial charge is 0.307 e. The summed E-state index contributed by atoms with van der Waals surface area (Å²) in [5.74, 6) is -2.49. The lowest BCUT2D eigenvalue weighted by molar-refractivity contribution is -0.141. The van der Waals surface area contributed by atoms with E-state index in [4.69, 9.17) is 16.3 Å². The topological polar surface area (TPSA) is 43.4 Å². The first-order valence-electron chi connectivity index (χ1n) is 6.98. The van der Waals surface area contributed by atoms with Gasteiger partial charge in [0.15, 0.2) is 6.61 Å². The molecular formula is C17H13ClF2O3S.